The number of aromatic nitrogens is 2. The van der Waals surface area contributed by atoms with Gasteiger partial charge in [0, 0.05) is 12.6 Å². The summed E-state index contributed by atoms with van der Waals surface area (Å²) < 4.78 is 12.3. The summed E-state index contributed by atoms with van der Waals surface area (Å²) in [5.41, 5.74) is 6.78. The standard InChI is InChI=1S/C13H16ClN3O3/c1-19-9-2-3-10-11(6-9)17(13(7-14)16-10)4-5-20-8-12(15)18/h2-3,6H,4-5,7-8H2,1H3,(H2,15,18). The SMILES string of the molecule is COc1ccc2nc(CCl)n(CCOCC(N)=O)c2c1. The minimum atomic E-state index is -0.486. The number of amides is 1. The highest BCUT2D eigenvalue weighted by molar-refractivity contribution is 6.16. The quantitative estimate of drug-likeness (QED) is 0.617. The van der Waals surface area contributed by atoms with Gasteiger partial charge in [-0.2, -0.15) is 0 Å². The lowest BCUT2D eigenvalue weighted by Gasteiger charge is -2.08. The summed E-state index contributed by atoms with van der Waals surface area (Å²) in [5, 5.41) is 0. The zero-order valence-electron chi connectivity index (χ0n) is 11.1. The average molecular weight is 298 g/mol. The van der Waals surface area contributed by atoms with Crippen LogP contribution in [0.1, 0.15) is 5.82 Å². The van der Waals surface area contributed by atoms with E-state index in [4.69, 9.17) is 26.8 Å². The van der Waals surface area contributed by atoms with Crippen LogP contribution < -0.4 is 10.5 Å². The topological polar surface area (TPSA) is 79.4 Å². The van der Waals surface area contributed by atoms with Gasteiger partial charge in [-0.25, -0.2) is 4.98 Å². The summed E-state index contributed by atoms with van der Waals surface area (Å²) in [6.45, 7) is 0.806. The van der Waals surface area contributed by atoms with E-state index < -0.39 is 5.91 Å². The van der Waals surface area contributed by atoms with Gasteiger partial charge in [-0.3, -0.25) is 4.79 Å². The van der Waals surface area contributed by atoms with Crippen molar-refractivity contribution in [2.75, 3.05) is 20.3 Å². The van der Waals surface area contributed by atoms with Crippen molar-refractivity contribution < 1.29 is 14.3 Å². The van der Waals surface area contributed by atoms with Gasteiger partial charge in [0.2, 0.25) is 5.91 Å². The fourth-order valence-electron chi connectivity index (χ4n) is 1.96. The lowest BCUT2D eigenvalue weighted by atomic mass is 10.3. The van der Waals surface area contributed by atoms with Gasteiger partial charge in [-0.1, -0.05) is 0 Å². The van der Waals surface area contributed by atoms with Gasteiger partial charge in [0.05, 0.1) is 30.6 Å². The zero-order valence-corrected chi connectivity index (χ0v) is 11.9. The molecule has 1 aromatic carbocycles. The molecular weight excluding hydrogens is 282 g/mol. The molecule has 2 N–H and O–H groups in total. The van der Waals surface area contributed by atoms with Gasteiger partial charge in [0.1, 0.15) is 18.2 Å². The number of hydrogen-bond donors (Lipinski definition) is 1. The van der Waals surface area contributed by atoms with E-state index in [-0.39, 0.29) is 6.61 Å². The second-order valence-electron chi connectivity index (χ2n) is 4.19. The van der Waals surface area contributed by atoms with Gasteiger partial charge < -0.3 is 19.8 Å². The normalized spacial score (nSPS) is 10.9. The molecule has 0 aliphatic heterocycles. The van der Waals surface area contributed by atoms with Crippen molar-refractivity contribution in [3.05, 3.63) is 24.0 Å². The largest absolute Gasteiger partial charge is 0.497 e. The van der Waals surface area contributed by atoms with E-state index in [2.05, 4.69) is 4.98 Å². The Bertz CT molecular complexity index is 612. The van der Waals surface area contributed by atoms with Crippen molar-refractivity contribution >= 4 is 28.5 Å². The van der Waals surface area contributed by atoms with Crippen LogP contribution in [0.4, 0.5) is 0 Å². The number of fused-ring (bicyclic) bond motifs is 1. The van der Waals surface area contributed by atoms with E-state index in [0.29, 0.717) is 19.0 Å². The van der Waals surface area contributed by atoms with Crippen LogP contribution in [-0.2, 0) is 22.0 Å². The molecular formula is C13H16ClN3O3. The van der Waals surface area contributed by atoms with E-state index in [1.807, 2.05) is 22.8 Å². The minimum Gasteiger partial charge on any atom is -0.497 e. The van der Waals surface area contributed by atoms with Crippen LogP contribution in [0.3, 0.4) is 0 Å². The summed E-state index contributed by atoms with van der Waals surface area (Å²) in [6.07, 6.45) is 0. The van der Waals surface area contributed by atoms with Crippen molar-refractivity contribution in [2.45, 2.75) is 12.4 Å². The highest BCUT2D eigenvalue weighted by Crippen LogP contribution is 2.22. The third kappa shape index (κ3) is 3.20. The van der Waals surface area contributed by atoms with E-state index in [9.17, 15) is 4.79 Å². The molecule has 0 bridgehead atoms. The summed E-state index contributed by atoms with van der Waals surface area (Å²) >= 11 is 5.91. The maximum Gasteiger partial charge on any atom is 0.243 e. The third-order valence-corrected chi connectivity index (χ3v) is 3.10. The van der Waals surface area contributed by atoms with Crippen LogP contribution in [0.2, 0.25) is 0 Å². The first kappa shape index (κ1) is 14.6. The second-order valence-corrected chi connectivity index (χ2v) is 4.45. The molecule has 2 rings (SSSR count). The molecule has 1 amide bonds. The number of hydrogen-bond acceptors (Lipinski definition) is 4. The molecule has 108 valence electrons. The molecule has 0 aliphatic rings. The van der Waals surface area contributed by atoms with Gasteiger partial charge in [0.15, 0.2) is 0 Å². The molecule has 0 fully saturated rings. The number of nitrogens with two attached hydrogens (primary N) is 1. The van der Waals surface area contributed by atoms with E-state index in [1.165, 1.54) is 0 Å². The summed E-state index contributed by atoms with van der Waals surface area (Å²) in [5.74, 6) is 1.31. The van der Waals surface area contributed by atoms with Crippen LogP contribution in [0.5, 0.6) is 5.75 Å². The number of methoxy groups -OCH3 is 1. The number of primary amides is 1. The van der Waals surface area contributed by atoms with Crippen molar-refractivity contribution in [3.8, 4) is 5.75 Å². The zero-order chi connectivity index (χ0) is 14.5. The third-order valence-electron chi connectivity index (χ3n) is 2.86. The molecule has 0 unspecified atom stereocenters. The molecule has 0 spiro atoms. The van der Waals surface area contributed by atoms with Crippen LogP contribution >= 0.6 is 11.6 Å². The van der Waals surface area contributed by atoms with Crippen molar-refractivity contribution in [1.82, 2.24) is 9.55 Å². The lowest BCUT2D eigenvalue weighted by molar-refractivity contribution is -0.122. The molecule has 7 heteroatoms. The number of nitrogens with zero attached hydrogens (tertiary/aromatic N) is 2. The van der Waals surface area contributed by atoms with Crippen LogP contribution in [0, 0.1) is 0 Å². The number of rotatable bonds is 7. The minimum absolute atomic E-state index is 0.0911. The van der Waals surface area contributed by atoms with E-state index in [0.717, 1.165) is 22.6 Å². The Morgan fingerprint density at radius 3 is 2.95 bits per heavy atom. The van der Waals surface area contributed by atoms with Crippen LogP contribution in [-0.4, -0.2) is 35.8 Å². The Balaban J connectivity index is 2.22. The van der Waals surface area contributed by atoms with Gasteiger partial charge in [-0.15, -0.1) is 11.6 Å². The number of imidazole rings is 1. The number of halogens is 1. The molecule has 0 atom stereocenters. The first-order chi connectivity index (χ1) is 9.65. The Hall–Kier alpha value is -1.79. The Morgan fingerprint density at radius 2 is 2.30 bits per heavy atom. The number of carbonyl (C=O) groups excluding carboxylic acids is 1. The summed E-state index contributed by atoms with van der Waals surface area (Å²) in [4.78, 5) is 15.1. The molecule has 0 saturated carbocycles. The average Bonchev–Trinajstić information content (AvgIpc) is 2.80. The summed E-state index contributed by atoms with van der Waals surface area (Å²) in [7, 11) is 1.61. The van der Waals surface area contributed by atoms with Gasteiger partial charge in [-0.05, 0) is 12.1 Å². The van der Waals surface area contributed by atoms with E-state index in [1.54, 1.807) is 7.11 Å². The van der Waals surface area contributed by atoms with Crippen LogP contribution in [0.15, 0.2) is 18.2 Å². The number of benzene rings is 1. The molecule has 0 saturated heterocycles. The van der Waals surface area contributed by atoms with Crippen LogP contribution in [0.25, 0.3) is 11.0 Å². The monoisotopic (exact) mass is 297 g/mol. The molecule has 1 aromatic heterocycles. The highest BCUT2D eigenvalue weighted by Gasteiger charge is 2.10. The van der Waals surface area contributed by atoms with Crippen molar-refractivity contribution in [3.63, 3.8) is 0 Å². The predicted octanol–water partition coefficient (Wildman–Crippen LogP) is 1.29. The van der Waals surface area contributed by atoms with Crippen molar-refractivity contribution in [1.29, 1.82) is 0 Å². The molecule has 2 aromatic rings. The van der Waals surface area contributed by atoms with Gasteiger partial charge in [0.25, 0.3) is 0 Å². The fraction of sp³-hybridized carbons (Fsp3) is 0.385. The smallest absolute Gasteiger partial charge is 0.243 e. The summed E-state index contributed by atoms with van der Waals surface area (Å²) in [6, 6.07) is 5.62. The number of carbonyl (C=O) groups is 1. The Morgan fingerprint density at radius 1 is 1.50 bits per heavy atom. The first-order valence-corrected chi connectivity index (χ1v) is 6.64. The molecule has 6 nitrogen and oxygen atoms in total. The maximum absolute atomic E-state index is 10.6. The molecule has 1 heterocycles. The lowest BCUT2D eigenvalue weighted by Crippen LogP contribution is -2.20. The highest BCUT2D eigenvalue weighted by atomic mass is 35.5. The number of ether oxygens (including phenoxy) is 2. The Labute approximate surface area is 121 Å². The maximum atomic E-state index is 10.6. The van der Waals surface area contributed by atoms with Crippen molar-refractivity contribution in [2.24, 2.45) is 5.73 Å². The predicted molar refractivity (Wildman–Crippen MR) is 75.9 cm³/mol. The fourth-order valence-corrected chi connectivity index (χ4v) is 2.16. The first-order valence-electron chi connectivity index (χ1n) is 6.11. The second kappa shape index (κ2) is 6.58. The Kier molecular flexibility index (Phi) is 4.81. The van der Waals surface area contributed by atoms with Gasteiger partial charge >= 0.3 is 0 Å². The molecule has 0 radical (unpaired) electrons. The molecule has 20 heavy (non-hydrogen) atoms. The number of alkyl halides is 1. The van der Waals surface area contributed by atoms with E-state index >= 15 is 0 Å². The molecule has 0 aliphatic carbocycles.